The SMILES string of the molecule is CC[C@H]1CN(CC(=O)NC2CCOCC2)CCN1CCOC. The second kappa shape index (κ2) is 9.45. The van der Waals surface area contributed by atoms with E-state index in [4.69, 9.17) is 9.47 Å². The highest BCUT2D eigenvalue weighted by Crippen LogP contribution is 2.13. The number of carbonyl (C=O) groups is 1. The summed E-state index contributed by atoms with van der Waals surface area (Å²) in [6.07, 6.45) is 2.99. The van der Waals surface area contributed by atoms with Crippen LogP contribution in [0.25, 0.3) is 0 Å². The predicted molar refractivity (Wildman–Crippen MR) is 86.0 cm³/mol. The molecule has 0 bridgehead atoms. The molecule has 2 aliphatic rings. The van der Waals surface area contributed by atoms with Crippen molar-refractivity contribution in [1.29, 1.82) is 0 Å². The number of ether oxygens (including phenoxy) is 2. The van der Waals surface area contributed by atoms with Crippen molar-refractivity contribution in [3.8, 4) is 0 Å². The van der Waals surface area contributed by atoms with Crippen LogP contribution in [0.5, 0.6) is 0 Å². The quantitative estimate of drug-likeness (QED) is 0.734. The van der Waals surface area contributed by atoms with E-state index in [2.05, 4.69) is 22.0 Å². The van der Waals surface area contributed by atoms with E-state index in [-0.39, 0.29) is 5.91 Å². The van der Waals surface area contributed by atoms with E-state index in [1.54, 1.807) is 7.11 Å². The maximum Gasteiger partial charge on any atom is 0.234 e. The van der Waals surface area contributed by atoms with Gasteiger partial charge in [0.1, 0.15) is 0 Å². The molecule has 2 fully saturated rings. The van der Waals surface area contributed by atoms with Crippen molar-refractivity contribution in [3.05, 3.63) is 0 Å². The number of methoxy groups -OCH3 is 1. The van der Waals surface area contributed by atoms with Gasteiger partial charge in [0.2, 0.25) is 5.91 Å². The van der Waals surface area contributed by atoms with Crippen LogP contribution in [0.3, 0.4) is 0 Å². The Bertz CT molecular complexity index is 335. The molecular weight excluding hydrogens is 282 g/mol. The van der Waals surface area contributed by atoms with E-state index in [0.29, 0.717) is 18.6 Å². The molecule has 2 saturated heterocycles. The van der Waals surface area contributed by atoms with E-state index in [1.165, 1.54) is 0 Å². The molecule has 0 aromatic rings. The van der Waals surface area contributed by atoms with Gasteiger partial charge in [-0.3, -0.25) is 14.6 Å². The van der Waals surface area contributed by atoms with E-state index in [9.17, 15) is 4.79 Å². The first kappa shape index (κ1) is 17.7. The van der Waals surface area contributed by atoms with Crippen molar-refractivity contribution in [1.82, 2.24) is 15.1 Å². The van der Waals surface area contributed by atoms with E-state index in [1.807, 2.05) is 0 Å². The maximum absolute atomic E-state index is 12.2. The third-order valence-electron chi connectivity index (χ3n) is 4.70. The van der Waals surface area contributed by atoms with Gasteiger partial charge >= 0.3 is 0 Å². The van der Waals surface area contributed by atoms with Gasteiger partial charge in [-0.2, -0.15) is 0 Å². The molecule has 0 saturated carbocycles. The smallest absolute Gasteiger partial charge is 0.234 e. The van der Waals surface area contributed by atoms with Crippen molar-refractivity contribution in [2.75, 3.05) is 59.7 Å². The van der Waals surface area contributed by atoms with Gasteiger partial charge in [-0.1, -0.05) is 6.92 Å². The standard InChI is InChI=1S/C16H31N3O3/c1-3-15-12-18(6-7-19(15)8-11-21-2)13-16(20)17-14-4-9-22-10-5-14/h14-15H,3-13H2,1-2H3,(H,17,20)/t15-/m0/s1. The summed E-state index contributed by atoms with van der Waals surface area (Å²) in [6, 6.07) is 0.825. The molecule has 1 atom stereocenters. The minimum Gasteiger partial charge on any atom is -0.383 e. The van der Waals surface area contributed by atoms with Crippen molar-refractivity contribution in [2.45, 2.75) is 38.3 Å². The van der Waals surface area contributed by atoms with Crippen LogP contribution in [-0.4, -0.2) is 87.4 Å². The molecule has 0 aromatic carbocycles. The lowest BCUT2D eigenvalue weighted by atomic mass is 10.1. The summed E-state index contributed by atoms with van der Waals surface area (Å²) in [7, 11) is 1.75. The second-order valence-electron chi connectivity index (χ2n) is 6.28. The van der Waals surface area contributed by atoms with Gasteiger partial charge in [-0.05, 0) is 19.3 Å². The predicted octanol–water partition coefficient (Wildman–Crippen LogP) is 0.324. The van der Waals surface area contributed by atoms with Gasteiger partial charge in [0.25, 0.3) is 0 Å². The second-order valence-corrected chi connectivity index (χ2v) is 6.28. The Morgan fingerprint density at radius 1 is 1.32 bits per heavy atom. The monoisotopic (exact) mass is 313 g/mol. The molecule has 128 valence electrons. The molecule has 0 spiro atoms. The number of carbonyl (C=O) groups excluding carboxylic acids is 1. The van der Waals surface area contributed by atoms with Crippen molar-refractivity contribution < 1.29 is 14.3 Å². The topological polar surface area (TPSA) is 54.0 Å². The first-order valence-corrected chi connectivity index (χ1v) is 8.55. The summed E-state index contributed by atoms with van der Waals surface area (Å²) in [6.45, 7) is 8.98. The number of hydrogen-bond donors (Lipinski definition) is 1. The molecule has 6 heteroatoms. The average Bonchev–Trinajstić information content (AvgIpc) is 2.54. The molecular formula is C16H31N3O3. The third kappa shape index (κ3) is 5.50. The van der Waals surface area contributed by atoms with Crippen LogP contribution in [0.15, 0.2) is 0 Å². The highest BCUT2D eigenvalue weighted by molar-refractivity contribution is 5.78. The normalized spacial score (nSPS) is 25.3. The number of amides is 1. The van der Waals surface area contributed by atoms with Gasteiger partial charge < -0.3 is 14.8 Å². The van der Waals surface area contributed by atoms with Crippen molar-refractivity contribution in [2.24, 2.45) is 0 Å². The van der Waals surface area contributed by atoms with Crippen molar-refractivity contribution in [3.63, 3.8) is 0 Å². The maximum atomic E-state index is 12.2. The largest absolute Gasteiger partial charge is 0.383 e. The fourth-order valence-electron chi connectivity index (χ4n) is 3.31. The first-order chi connectivity index (χ1) is 10.7. The van der Waals surface area contributed by atoms with Gasteiger partial charge in [0.05, 0.1) is 13.2 Å². The summed E-state index contributed by atoms with van der Waals surface area (Å²) in [4.78, 5) is 17.0. The van der Waals surface area contributed by atoms with E-state index >= 15 is 0 Å². The zero-order valence-corrected chi connectivity index (χ0v) is 14.1. The van der Waals surface area contributed by atoms with Gasteiger partial charge in [-0.25, -0.2) is 0 Å². The summed E-state index contributed by atoms with van der Waals surface area (Å²) in [5, 5.41) is 3.15. The third-order valence-corrected chi connectivity index (χ3v) is 4.70. The Morgan fingerprint density at radius 2 is 2.09 bits per heavy atom. The minimum absolute atomic E-state index is 0.159. The molecule has 0 aromatic heterocycles. The fourth-order valence-corrected chi connectivity index (χ4v) is 3.31. The Hall–Kier alpha value is -0.690. The molecule has 6 nitrogen and oxygen atoms in total. The van der Waals surface area contributed by atoms with Crippen LogP contribution in [0.1, 0.15) is 26.2 Å². The molecule has 0 radical (unpaired) electrons. The molecule has 1 N–H and O–H groups in total. The summed E-state index contributed by atoms with van der Waals surface area (Å²) in [5.41, 5.74) is 0. The highest BCUT2D eigenvalue weighted by atomic mass is 16.5. The molecule has 1 amide bonds. The van der Waals surface area contributed by atoms with Crippen LogP contribution in [0.2, 0.25) is 0 Å². The lowest BCUT2D eigenvalue weighted by molar-refractivity contribution is -0.124. The Labute approximate surface area is 134 Å². The number of nitrogens with zero attached hydrogens (tertiary/aromatic N) is 2. The Kier molecular flexibility index (Phi) is 7.59. The molecule has 2 rings (SSSR count). The Morgan fingerprint density at radius 3 is 2.77 bits per heavy atom. The van der Waals surface area contributed by atoms with Crippen LogP contribution in [-0.2, 0) is 14.3 Å². The van der Waals surface area contributed by atoms with Crippen molar-refractivity contribution >= 4 is 5.91 Å². The number of hydrogen-bond acceptors (Lipinski definition) is 5. The zero-order valence-electron chi connectivity index (χ0n) is 14.1. The zero-order chi connectivity index (χ0) is 15.8. The molecule has 2 heterocycles. The summed E-state index contributed by atoms with van der Waals surface area (Å²) < 4.78 is 10.5. The lowest BCUT2D eigenvalue weighted by Crippen LogP contribution is -2.55. The highest BCUT2D eigenvalue weighted by Gasteiger charge is 2.27. The molecule has 2 aliphatic heterocycles. The van der Waals surface area contributed by atoms with Gasteiger partial charge in [0, 0.05) is 58.6 Å². The van der Waals surface area contributed by atoms with E-state index in [0.717, 1.165) is 65.3 Å². The van der Waals surface area contributed by atoms with Crippen LogP contribution >= 0.6 is 0 Å². The number of nitrogens with one attached hydrogen (secondary N) is 1. The first-order valence-electron chi connectivity index (χ1n) is 8.55. The van der Waals surface area contributed by atoms with Crippen LogP contribution < -0.4 is 5.32 Å². The average molecular weight is 313 g/mol. The summed E-state index contributed by atoms with van der Waals surface area (Å²) >= 11 is 0. The van der Waals surface area contributed by atoms with Crippen LogP contribution in [0, 0.1) is 0 Å². The van der Waals surface area contributed by atoms with Gasteiger partial charge in [-0.15, -0.1) is 0 Å². The number of piperazine rings is 1. The minimum atomic E-state index is 0.159. The fraction of sp³-hybridized carbons (Fsp3) is 0.938. The summed E-state index contributed by atoms with van der Waals surface area (Å²) in [5.74, 6) is 0.159. The number of rotatable bonds is 7. The molecule has 22 heavy (non-hydrogen) atoms. The van der Waals surface area contributed by atoms with Crippen LogP contribution in [0.4, 0.5) is 0 Å². The Balaban J connectivity index is 1.72. The molecule has 0 aliphatic carbocycles. The van der Waals surface area contributed by atoms with Gasteiger partial charge in [0.15, 0.2) is 0 Å². The van der Waals surface area contributed by atoms with E-state index < -0.39 is 0 Å². The lowest BCUT2D eigenvalue weighted by Gasteiger charge is -2.41. The molecule has 0 unspecified atom stereocenters.